The maximum absolute atomic E-state index is 5.32. The Kier molecular flexibility index (Phi) is 3.45. The van der Waals surface area contributed by atoms with Crippen LogP contribution < -0.4 is 10.6 Å². The number of anilines is 1. The molecule has 0 aromatic carbocycles. The van der Waals surface area contributed by atoms with Gasteiger partial charge in [-0.3, -0.25) is 4.98 Å². The summed E-state index contributed by atoms with van der Waals surface area (Å²) in [5, 5.41) is 13.7. The normalized spacial score (nSPS) is 10.3. The Morgan fingerprint density at radius 3 is 2.94 bits per heavy atom. The van der Waals surface area contributed by atoms with Crippen molar-refractivity contribution in [2.45, 2.75) is 13.1 Å². The predicted octanol–water partition coefficient (Wildman–Crippen LogP) is 0.796. The van der Waals surface area contributed by atoms with E-state index >= 15 is 0 Å². The maximum Gasteiger partial charge on any atom is 0.315 e. The lowest BCUT2D eigenvalue weighted by molar-refractivity contribution is 0.489. The topological polar surface area (TPSA) is 75.9 Å². The fourth-order valence-corrected chi connectivity index (χ4v) is 1.22. The van der Waals surface area contributed by atoms with Crippen LogP contribution in [-0.2, 0) is 13.1 Å². The van der Waals surface area contributed by atoms with Crippen LogP contribution in [0.3, 0.4) is 0 Å². The summed E-state index contributed by atoms with van der Waals surface area (Å²) < 4.78 is 5.32. The molecule has 0 spiro atoms. The lowest BCUT2D eigenvalue weighted by Crippen LogP contribution is -2.04. The Labute approximate surface area is 93.1 Å². The number of aromatic nitrogens is 3. The van der Waals surface area contributed by atoms with E-state index in [0.29, 0.717) is 25.0 Å². The first kappa shape index (κ1) is 10.6. The second-order valence-corrected chi connectivity index (χ2v) is 3.21. The molecular formula is C10H13N5O. The van der Waals surface area contributed by atoms with Gasteiger partial charge in [0.25, 0.3) is 0 Å². The van der Waals surface area contributed by atoms with E-state index in [0.717, 1.165) is 5.69 Å². The highest BCUT2D eigenvalue weighted by Crippen LogP contribution is 2.06. The molecule has 0 radical (unpaired) electrons. The van der Waals surface area contributed by atoms with Gasteiger partial charge in [0.1, 0.15) is 0 Å². The standard InChI is InChI=1S/C10H13N5O/c1-11-7-9-14-15-10(16-9)13-6-8-4-2-3-5-12-8/h2-5,11H,6-7H2,1H3,(H,13,15). The summed E-state index contributed by atoms with van der Waals surface area (Å²) >= 11 is 0. The summed E-state index contributed by atoms with van der Waals surface area (Å²) in [6, 6.07) is 6.15. The molecule has 0 saturated heterocycles. The minimum atomic E-state index is 0.413. The molecule has 2 N–H and O–H groups in total. The van der Waals surface area contributed by atoms with Crippen LogP contribution in [0.25, 0.3) is 0 Å². The molecule has 0 aliphatic rings. The molecule has 0 amide bonds. The first-order valence-electron chi connectivity index (χ1n) is 4.99. The minimum absolute atomic E-state index is 0.413. The maximum atomic E-state index is 5.32. The second-order valence-electron chi connectivity index (χ2n) is 3.21. The molecule has 0 fully saturated rings. The van der Waals surface area contributed by atoms with Crippen molar-refractivity contribution in [3.63, 3.8) is 0 Å². The van der Waals surface area contributed by atoms with E-state index < -0.39 is 0 Å². The second kappa shape index (κ2) is 5.22. The van der Waals surface area contributed by atoms with E-state index in [1.165, 1.54) is 0 Å². The van der Waals surface area contributed by atoms with Crippen molar-refractivity contribution in [2.75, 3.05) is 12.4 Å². The van der Waals surface area contributed by atoms with Crippen molar-refractivity contribution >= 4 is 6.01 Å². The predicted molar refractivity (Wildman–Crippen MR) is 58.6 cm³/mol. The molecule has 2 heterocycles. The van der Waals surface area contributed by atoms with Crippen LogP contribution in [0.2, 0.25) is 0 Å². The van der Waals surface area contributed by atoms with E-state index in [2.05, 4.69) is 25.8 Å². The SMILES string of the molecule is CNCc1nnc(NCc2ccccn2)o1. The van der Waals surface area contributed by atoms with Gasteiger partial charge in [0, 0.05) is 6.20 Å². The molecule has 0 bridgehead atoms. The fourth-order valence-electron chi connectivity index (χ4n) is 1.22. The van der Waals surface area contributed by atoms with E-state index in [9.17, 15) is 0 Å². The van der Waals surface area contributed by atoms with Crippen LogP contribution in [0.5, 0.6) is 0 Å². The third kappa shape index (κ3) is 2.77. The number of hydrogen-bond acceptors (Lipinski definition) is 6. The van der Waals surface area contributed by atoms with Crippen molar-refractivity contribution < 1.29 is 4.42 Å². The molecule has 2 aromatic rings. The van der Waals surface area contributed by atoms with Gasteiger partial charge >= 0.3 is 6.01 Å². The zero-order valence-electron chi connectivity index (χ0n) is 8.97. The summed E-state index contributed by atoms with van der Waals surface area (Å²) in [5.74, 6) is 0.561. The molecule has 6 nitrogen and oxygen atoms in total. The van der Waals surface area contributed by atoms with Gasteiger partial charge in [-0.1, -0.05) is 11.2 Å². The van der Waals surface area contributed by atoms with Gasteiger partial charge in [-0.15, -0.1) is 5.10 Å². The van der Waals surface area contributed by atoms with E-state index in [1.807, 2.05) is 25.2 Å². The number of pyridine rings is 1. The Bertz CT molecular complexity index is 428. The Morgan fingerprint density at radius 2 is 2.19 bits per heavy atom. The van der Waals surface area contributed by atoms with Crippen LogP contribution in [0, 0.1) is 0 Å². The smallest absolute Gasteiger partial charge is 0.315 e. The lowest BCUT2D eigenvalue weighted by Gasteiger charge is -1.99. The number of nitrogens with zero attached hydrogens (tertiary/aromatic N) is 3. The highest BCUT2D eigenvalue weighted by Gasteiger charge is 2.04. The van der Waals surface area contributed by atoms with Gasteiger partial charge in [-0.2, -0.15) is 0 Å². The minimum Gasteiger partial charge on any atom is -0.407 e. The van der Waals surface area contributed by atoms with Gasteiger partial charge in [0.05, 0.1) is 18.8 Å². The lowest BCUT2D eigenvalue weighted by atomic mass is 10.3. The summed E-state index contributed by atoms with van der Waals surface area (Å²) in [7, 11) is 1.82. The quantitative estimate of drug-likeness (QED) is 0.774. The van der Waals surface area contributed by atoms with Crippen LogP contribution in [0.4, 0.5) is 6.01 Å². The highest BCUT2D eigenvalue weighted by molar-refractivity contribution is 5.19. The molecule has 16 heavy (non-hydrogen) atoms. The van der Waals surface area contributed by atoms with Gasteiger partial charge in [-0.25, -0.2) is 0 Å². The van der Waals surface area contributed by atoms with Crippen LogP contribution in [0.1, 0.15) is 11.6 Å². The Morgan fingerprint density at radius 1 is 1.25 bits per heavy atom. The van der Waals surface area contributed by atoms with Crippen LogP contribution in [-0.4, -0.2) is 22.2 Å². The molecule has 6 heteroatoms. The van der Waals surface area contributed by atoms with E-state index in [1.54, 1.807) is 6.20 Å². The first-order chi connectivity index (χ1) is 7.88. The van der Waals surface area contributed by atoms with Crippen molar-refractivity contribution in [1.82, 2.24) is 20.5 Å². The molecular weight excluding hydrogens is 206 g/mol. The molecule has 2 rings (SSSR count). The summed E-state index contributed by atoms with van der Waals surface area (Å²) in [5.41, 5.74) is 0.927. The Balaban J connectivity index is 1.89. The first-order valence-corrected chi connectivity index (χ1v) is 4.99. The summed E-state index contributed by atoms with van der Waals surface area (Å²) in [4.78, 5) is 4.17. The molecule has 84 valence electrons. The van der Waals surface area contributed by atoms with E-state index in [-0.39, 0.29) is 0 Å². The zero-order chi connectivity index (χ0) is 11.2. The molecule has 0 aliphatic heterocycles. The van der Waals surface area contributed by atoms with Crippen LogP contribution >= 0.6 is 0 Å². The van der Waals surface area contributed by atoms with Crippen molar-refractivity contribution in [2.24, 2.45) is 0 Å². The van der Waals surface area contributed by atoms with Gasteiger partial charge < -0.3 is 15.1 Å². The zero-order valence-corrected chi connectivity index (χ0v) is 8.97. The van der Waals surface area contributed by atoms with Gasteiger partial charge in [-0.05, 0) is 19.2 Å². The van der Waals surface area contributed by atoms with Gasteiger partial charge in [0.2, 0.25) is 5.89 Å². The number of hydrogen-bond donors (Lipinski definition) is 2. The molecule has 0 saturated carbocycles. The summed E-state index contributed by atoms with van der Waals surface area (Å²) in [6.45, 7) is 1.14. The van der Waals surface area contributed by atoms with Crippen molar-refractivity contribution in [3.05, 3.63) is 36.0 Å². The van der Waals surface area contributed by atoms with Crippen molar-refractivity contribution in [3.8, 4) is 0 Å². The monoisotopic (exact) mass is 219 g/mol. The van der Waals surface area contributed by atoms with Gasteiger partial charge in [0.15, 0.2) is 0 Å². The van der Waals surface area contributed by atoms with E-state index in [4.69, 9.17) is 4.42 Å². The average Bonchev–Trinajstić information content (AvgIpc) is 2.76. The molecule has 0 aliphatic carbocycles. The average molecular weight is 219 g/mol. The third-order valence-electron chi connectivity index (χ3n) is 1.94. The number of rotatable bonds is 5. The molecule has 2 aromatic heterocycles. The molecule has 0 atom stereocenters. The Hall–Kier alpha value is -1.95. The fraction of sp³-hybridized carbons (Fsp3) is 0.300. The van der Waals surface area contributed by atoms with Crippen LogP contribution in [0.15, 0.2) is 28.8 Å². The largest absolute Gasteiger partial charge is 0.407 e. The number of nitrogens with one attached hydrogen (secondary N) is 2. The third-order valence-corrected chi connectivity index (χ3v) is 1.94. The van der Waals surface area contributed by atoms with Crippen molar-refractivity contribution in [1.29, 1.82) is 0 Å². The highest BCUT2D eigenvalue weighted by atomic mass is 16.4. The molecule has 0 unspecified atom stereocenters. The summed E-state index contributed by atoms with van der Waals surface area (Å²) in [6.07, 6.45) is 1.75.